The van der Waals surface area contributed by atoms with Gasteiger partial charge < -0.3 is 5.73 Å². The molecular weight excluding hydrogens is 195 g/mol. The number of nitrogens with zero attached hydrogens (tertiary/aromatic N) is 3. The number of hydrogen-bond acceptors (Lipinski definition) is 4. The number of halogens is 1. The molecule has 1 saturated heterocycles. The van der Waals surface area contributed by atoms with Crippen LogP contribution in [0.4, 0.5) is 4.39 Å². The molecule has 1 aromatic heterocycles. The molecule has 4 nitrogen and oxygen atoms in total. The number of hydrogen-bond donors (Lipinski definition) is 1. The smallest absolute Gasteiger partial charge is 0.142 e. The first kappa shape index (κ1) is 10.4. The lowest BCUT2D eigenvalue weighted by molar-refractivity contribution is 0.233. The van der Waals surface area contributed by atoms with Gasteiger partial charge in [-0.1, -0.05) is 0 Å². The van der Waals surface area contributed by atoms with Gasteiger partial charge in [0, 0.05) is 31.5 Å². The molecule has 2 rings (SSSR count). The molecule has 0 spiro atoms. The maximum atomic E-state index is 13.2. The van der Waals surface area contributed by atoms with Crippen LogP contribution in [0.5, 0.6) is 0 Å². The lowest BCUT2D eigenvalue weighted by Gasteiger charge is -2.21. The number of alkyl halides is 1. The first-order valence-electron chi connectivity index (χ1n) is 5.13. The minimum atomic E-state index is -0.762. The Morgan fingerprint density at radius 3 is 2.87 bits per heavy atom. The zero-order valence-electron chi connectivity index (χ0n) is 8.51. The molecule has 0 unspecified atom stereocenters. The van der Waals surface area contributed by atoms with Crippen molar-refractivity contribution in [3.8, 4) is 0 Å². The Morgan fingerprint density at radius 1 is 1.47 bits per heavy atom. The SMILES string of the molecule is NC[C@@H]1C[C@@H](F)CN1Cc1ncccn1. The van der Waals surface area contributed by atoms with Crippen LogP contribution in [0.15, 0.2) is 18.5 Å². The van der Waals surface area contributed by atoms with Crippen molar-refractivity contribution < 1.29 is 4.39 Å². The van der Waals surface area contributed by atoms with Crippen molar-refractivity contribution in [1.82, 2.24) is 14.9 Å². The Balaban J connectivity index is 2.00. The van der Waals surface area contributed by atoms with E-state index in [4.69, 9.17) is 5.73 Å². The Bertz CT molecular complexity index is 306. The fraction of sp³-hybridized carbons (Fsp3) is 0.600. The predicted octanol–water partition coefficient (Wildman–Crippen LogP) is 0.348. The largest absolute Gasteiger partial charge is 0.329 e. The van der Waals surface area contributed by atoms with Crippen LogP contribution in [0.25, 0.3) is 0 Å². The first-order valence-corrected chi connectivity index (χ1v) is 5.13. The summed E-state index contributed by atoms with van der Waals surface area (Å²) in [5, 5.41) is 0. The van der Waals surface area contributed by atoms with Crippen molar-refractivity contribution >= 4 is 0 Å². The van der Waals surface area contributed by atoms with Crippen molar-refractivity contribution in [1.29, 1.82) is 0 Å². The highest BCUT2D eigenvalue weighted by atomic mass is 19.1. The zero-order chi connectivity index (χ0) is 10.7. The van der Waals surface area contributed by atoms with Gasteiger partial charge in [0.1, 0.15) is 12.0 Å². The van der Waals surface area contributed by atoms with Gasteiger partial charge in [-0.15, -0.1) is 0 Å². The predicted molar refractivity (Wildman–Crippen MR) is 54.8 cm³/mol. The molecule has 0 saturated carbocycles. The van der Waals surface area contributed by atoms with Crippen molar-refractivity contribution in [3.05, 3.63) is 24.3 Å². The van der Waals surface area contributed by atoms with Crippen LogP contribution in [0, 0.1) is 0 Å². The molecule has 1 aliphatic heterocycles. The number of nitrogens with two attached hydrogens (primary N) is 1. The molecule has 15 heavy (non-hydrogen) atoms. The van der Waals surface area contributed by atoms with Crippen LogP contribution in [-0.2, 0) is 6.54 Å². The first-order chi connectivity index (χ1) is 7.29. The van der Waals surface area contributed by atoms with Gasteiger partial charge in [0.15, 0.2) is 0 Å². The molecule has 2 atom stereocenters. The van der Waals surface area contributed by atoms with Gasteiger partial charge in [-0.3, -0.25) is 4.90 Å². The molecule has 2 heterocycles. The quantitative estimate of drug-likeness (QED) is 0.782. The second-order valence-corrected chi connectivity index (χ2v) is 3.82. The van der Waals surface area contributed by atoms with Crippen LogP contribution < -0.4 is 5.73 Å². The topological polar surface area (TPSA) is 55.0 Å². The summed E-state index contributed by atoms with van der Waals surface area (Å²) in [6.07, 6.45) is 3.16. The molecule has 0 aliphatic carbocycles. The van der Waals surface area contributed by atoms with Gasteiger partial charge >= 0.3 is 0 Å². The summed E-state index contributed by atoms with van der Waals surface area (Å²) >= 11 is 0. The van der Waals surface area contributed by atoms with Crippen molar-refractivity contribution in [2.24, 2.45) is 5.73 Å². The van der Waals surface area contributed by atoms with Gasteiger partial charge in [0.05, 0.1) is 6.54 Å². The summed E-state index contributed by atoms with van der Waals surface area (Å²) in [6.45, 7) is 1.52. The van der Waals surface area contributed by atoms with E-state index in [1.54, 1.807) is 18.5 Å². The average Bonchev–Trinajstić information content (AvgIpc) is 2.60. The maximum absolute atomic E-state index is 13.2. The van der Waals surface area contributed by atoms with Crippen molar-refractivity contribution in [2.45, 2.75) is 25.2 Å². The molecule has 82 valence electrons. The standard InChI is InChI=1S/C10H15FN4/c11-8-4-9(5-12)15(6-8)7-10-13-2-1-3-14-10/h1-3,8-9H,4-7,12H2/t8-,9+/m1/s1. The van der Waals surface area contributed by atoms with Crippen molar-refractivity contribution in [3.63, 3.8) is 0 Å². The van der Waals surface area contributed by atoms with Gasteiger partial charge in [-0.25, -0.2) is 14.4 Å². The van der Waals surface area contributed by atoms with E-state index >= 15 is 0 Å². The van der Waals surface area contributed by atoms with E-state index in [9.17, 15) is 4.39 Å². The molecule has 0 bridgehead atoms. The second kappa shape index (κ2) is 4.63. The van der Waals surface area contributed by atoms with Crippen molar-refractivity contribution in [2.75, 3.05) is 13.1 Å². The lowest BCUT2D eigenvalue weighted by Crippen LogP contribution is -2.35. The van der Waals surface area contributed by atoms with Crippen LogP contribution in [0.1, 0.15) is 12.2 Å². The summed E-state index contributed by atoms with van der Waals surface area (Å²) in [7, 11) is 0. The summed E-state index contributed by atoms with van der Waals surface area (Å²) in [4.78, 5) is 10.3. The van der Waals surface area contributed by atoms with Crippen LogP contribution in [0.3, 0.4) is 0 Å². The zero-order valence-corrected chi connectivity index (χ0v) is 8.51. The number of likely N-dealkylation sites (tertiary alicyclic amines) is 1. The fourth-order valence-corrected chi connectivity index (χ4v) is 1.95. The van der Waals surface area contributed by atoms with E-state index in [-0.39, 0.29) is 6.04 Å². The Kier molecular flexibility index (Phi) is 3.23. The minimum Gasteiger partial charge on any atom is -0.329 e. The van der Waals surface area contributed by atoms with Crippen LogP contribution in [-0.4, -0.2) is 40.2 Å². The third-order valence-corrected chi connectivity index (χ3v) is 2.71. The highest BCUT2D eigenvalue weighted by Crippen LogP contribution is 2.20. The van der Waals surface area contributed by atoms with E-state index in [0.717, 1.165) is 5.82 Å². The second-order valence-electron chi connectivity index (χ2n) is 3.82. The molecule has 5 heteroatoms. The summed E-state index contributed by atoms with van der Waals surface area (Å²) in [6, 6.07) is 1.90. The lowest BCUT2D eigenvalue weighted by atomic mass is 10.2. The van der Waals surface area contributed by atoms with E-state index in [0.29, 0.717) is 26.1 Å². The molecule has 1 aromatic rings. The Hall–Kier alpha value is -1.07. The normalized spacial score (nSPS) is 27.1. The summed E-state index contributed by atoms with van der Waals surface area (Å²) < 4.78 is 13.2. The summed E-state index contributed by atoms with van der Waals surface area (Å²) in [5.41, 5.74) is 5.59. The Labute approximate surface area is 88.3 Å². The number of rotatable bonds is 3. The fourth-order valence-electron chi connectivity index (χ4n) is 1.95. The monoisotopic (exact) mass is 210 g/mol. The third-order valence-electron chi connectivity index (χ3n) is 2.71. The van der Waals surface area contributed by atoms with E-state index in [2.05, 4.69) is 9.97 Å². The van der Waals surface area contributed by atoms with Gasteiger partial charge in [-0.05, 0) is 12.5 Å². The molecule has 0 radical (unpaired) electrons. The third kappa shape index (κ3) is 2.49. The van der Waals surface area contributed by atoms with E-state index < -0.39 is 6.17 Å². The highest BCUT2D eigenvalue weighted by Gasteiger charge is 2.31. The summed E-state index contributed by atoms with van der Waals surface area (Å²) in [5.74, 6) is 0.727. The minimum absolute atomic E-state index is 0.129. The molecule has 0 aromatic carbocycles. The molecule has 1 fully saturated rings. The van der Waals surface area contributed by atoms with Gasteiger partial charge in [0.25, 0.3) is 0 Å². The van der Waals surface area contributed by atoms with Crippen LogP contribution >= 0.6 is 0 Å². The van der Waals surface area contributed by atoms with Gasteiger partial charge in [-0.2, -0.15) is 0 Å². The van der Waals surface area contributed by atoms with Gasteiger partial charge in [0.2, 0.25) is 0 Å². The Morgan fingerprint density at radius 2 is 2.20 bits per heavy atom. The highest BCUT2D eigenvalue weighted by molar-refractivity contribution is 4.93. The number of aromatic nitrogens is 2. The molecule has 2 N–H and O–H groups in total. The average molecular weight is 210 g/mol. The molecule has 0 amide bonds. The van der Waals surface area contributed by atoms with E-state index in [1.807, 2.05) is 4.90 Å². The van der Waals surface area contributed by atoms with Crippen LogP contribution in [0.2, 0.25) is 0 Å². The maximum Gasteiger partial charge on any atom is 0.142 e. The molecular formula is C10H15FN4. The van der Waals surface area contributed by atoms with E-state index in [1.165, 1.54) is 0 Å². The molecule has 1 aliphatic rings.